The highest BCUT2D eigenvalue weighted by atomic mass is 127. The Morgan fingerprint density at radius 1 is 1.27 bits per heavy atom. The van der Waals surface area contributed by atoms with Gasteiger partial charge in [0.2, 0.25) is 5.91 Å². The number of benzene rings is 2. The van der Waals surface area contributed by atoms with Gasteiger partial charge in [0, 0.05) is 40.6 Å². The maximum absolute atomic E-state index is 14.0. The molecule has 1 spiro atoms. The maximum atomic E-state index is 14.0. The Bertz CT molecular complexity index is 1160. The van der Waals surface area contributed by atoms with Crippen molar-refractivity contribution < 1.29 is 24.5 Å². The normalized spacial score (nSPS) is 25.0. The third-order valence-corrected chi connectivity index (χ3v) is 8.24. The fourth-order valence-electron chi connectivity index (χ4n) is 6.08. The predicted molar refractivity (Wildman–Crippen MR) is 151 cm³/mol. The van der Waals surface area contributed by atoms with Crippen molar-refractivity contribution in [2.45, 2.75) is 51.0 Å². The van der Waals surface area contributed by atoms with Crippen LogP contribution in [-0.4, -0.2) is 58.3 Å². The quantitative estimate of drug-likeness (QED) is 0.330. The minimum Gasteiger partial charge on any atom is -0.395 e. The maximum Gasteiger partial charge on any atom is 0.264 e. The van der Waals surface area contributed by atoms with Crippen LogP contribution in [0, 0.1) is 15.4 Å². The van der Waals surface area contributed by atoms with Crippen molar-refractivity contribution in [1.29, 1.82) is 0 Å². The summed E-state index contributed by atoms with van der Waals surface area (Å²) >= 11 is 2.22. The lowest BCUT2D eigenvalue weighted by atomic mass is 9.71. The van der Waals surface area contributed by atoms with Crippen LogP contribution in [0.5, 0.6) is 0 Å². The van der Waals surface area contributed by atoms with E-state index in [9.17, 15) is 19.8 Å². The van der Waals surface area contributed by atoms with Crippen molar-refractivity contribution in [2.75, 3.05) is 24.6 Å². The Morgan fingerprint density at radius 3 is 2.59 bits per heavy atom. The highest BCUT2D eigenvalue weighted by Crippen LogP contribution is 2.57. The van der Waals surface area contributed by atoms with Crippen LogP contribution in [0.1, 0.15) is 38.3 Å². The standard InChI is InChI=1S/C29H35IN2O5/c1-5-13-32-23-12-11-21(30)16-22(23)29(27(32)35)19(2)26(28(3,4)36)24(37-29)17-25(34)31(14-15-33)18-20-9-7-6-8-10-20/h5-12,16,19,24,26,33,36H,1,13-15,17-18H2,2-4H3/t19-,24+,26-,29+/m0/s1. The third kappa shape index (κ3) is 5.08. The molecule has 37 heavy (non-hydrogen) atoms. The molecule has 2 heterocycles. The van der Waals surface area contributed by atoms with E-state index in [4.69, 9.17) is 4.74 Å². The summed E-state index contributed by atoms with van der Waals surface area (Å²) in [5, 5.41) is 20.9. The highest BCUT2D eigenvalue weighted by molar-refractivity contribution is 14.1. The molecule has 4 rings (SSSR count). The first-order valence-electron chi connectivity index (χ1n) is 12.6. The number of amides is 2. The summed E-state index contributed by atoms with van der Waals surface area (Å²) in [4.78, 5) is 30.9. The van der Waals surface area contributed by atoms with Crippen LogP contribution in [0.3, 0.4) is 0 Å². The number of anilines is 1. The molecular formula is C29H35IN2O5. The molecule has 2 aliphatic heterocycles. The number of rotatable bonds is 9. The number of hydrogen-bond acceptors (Lipinski definition) is 5. The summed E-state index contributed by atoms with van der Waals surface area (Å²) in [6.07, 6.45) is 0.975. The SMILES string of the molecule is C=CCN1C(=O)[C@]2(O[C@H](CC(=O)N(CCO)Cc3ccccc3)[C@@H](C(C)(C)O)[C@@H]2C)c2cc(I)ccc21. The minimum absolute atomic E-state index is 0.0123. The number of hydrogen-bond donors (Lipinski definition) is 2. The van der Waals surface area contributed by atoms with Gasteiger partial charge >= 0.3 is 0 Å². The Hall–Kier alpha value is -2.27. The van der Waals surface area contributed by atoms with Crippen molar-refractivity contribution in [2.24, 2.45) is 11.8 Å². The van der Waals surface area contributed by atoms with Crippen molar-refractivity contribution in [1.82, 2.24) is 4.90 Å². The molecule has 2 aromatic rings. The number of carbonyl (C=O) groups is 2. The third-order valence-electron chi connectivity index (χ3n) is 7.57. The fourth-order valence-corrected chi connectivity index (χ4v) is 6.57. The Balaban J connectivity index is 1.70. The zero-order valence-electron chi connectivity index (χ0n) is 21.6. The van der Waals surface area contributed by atoms with Crippen LogP contribution >= 0.6 is 22.6 Å². The average Bonchev–Trinajstić information content (AvgIpc) is 3.26. The van der Waals surface area contributed by atoms with Crippen molar-refractivity contribution >= 4 is 40.1 Å². The van der Waals surface area contributed by atoms with Crippen molar-refractivity contribution in [3.63, 3.8) is 0 Å². The summed E-state index contributed by atoms with van der Waals surface area (Å²) in [5.41, 5.74) is -0.0289. The van der Waals surface area contributed by atoms with Crippen molar-refractivity contribution in [3.05, 3.63) is 75.9 Å². The molecule has 0 saturated carbocycles. The molecule has 1 fully saturated rings. The highest BCUT2D eigenvalue weighted by Gasteiger charge is 2.66. The van der Waals surface area contributed by atoms with Gasteiger partial charge in [0.25, 0.3) is 5.91 Å². The van der Waals surface area contributed by atoms with Gasteiger partial charge in [0.05, 0.1) is 30.4 Å². The molecule has 2 N–H and O–H groups in total. The zero-order chi connectivity index (χ0) is 27.0. The van der Waals surface area contributed by atoms with Gasteiger partial charge in [-0.3, -0.25) is 9.59 Å². The molecule has 8 heteroatoms. The van der Waals surface area contributed by atoms with Crippen LogP contribution in [0.15, 0.2) is 61.2 Å². The number of aliphatic hydroxyl groups excluding tert-OH is 1. The predicted octanol–water partition coefficient (Wildman–Crippen LogP) is 3.85. The zero-order valence-corrected chi connectivity index (χ0v) is 23.7. The molecule has 4 atom stereocenters. The summed E-state index contributed by atoms with van der Waals surface area (Å²) in [7, 11) is 0. The van der Waals surface area contributed by atoms with Gasteiger partial charge in [0.15, 0.2) is 5.60 Å². The van der Waals surface area contributed by atoms with Crippen molar-refractivity contribution in [3.8, 4) is 0 Å². The fraction of sp³-hybridized carbons (Fsp3) is 0.448. The molecule has 2 aromatic carbocycles. The molecule has 2 amide bonds. The lowest BCUT2D eigenvalue weighted by Gasteiger charge is -2.34. The van der Waals surface area contributed by atoms with Gasteiger partial charge in [-0.2, -0.15) is 0 Å². The summed E-state index contributed by atoms with van der Waals surface area (Å²) < 4.78 is 7.65. The molecule has 7 nitrogen and oxygen atoms in total. The van der Waals surface area contributed by atoms with Gasteiger partial charge in [-0.1, -0.05) is 43.3 Å². The van der Waals surface area contributed by atoms with Crippen LogP contribution < -0.4 is 4.90 Å². The first kappa shape index (κ1) is 27.8. The number of nitrogens with zero attached hydrogens (tertiary/aromatic N) is 2. The molecule has 2 aliphatic rings. The van der Waals surface area contributed by atoms with Crippen LogP contribution in [0.2, 0.25) is 0 Å². The number of ether oxygens (including phenoxy) is 1. The van der Waals surface area contributed by atoms with Crippen LogP contribution in [0.25, 0.3) is 0 Å². The Labute approximate surface area is 232 Å². The number of carbonyl (C=O) groups excluding carboxylic acids is 2. The van der Waals surface area contributed by atoms with E-state index < -0.39 is 29.1 Å². The van der Waals surface area contributed by atoms with E-state index in [-0.39, 0.29) is 31.4 Å². The van der Waals surface area contributed by atoms with E-state index in [1.807, 2.05) is 55.5 Å². The van der Waals surface area contributed by atoms with E-state index in [1.165, 1.54) is 0 Å². The van der Waals surface area contributed by atoms with E-state index in [0.717, 1.165) is 20.4 Å². The average molecular weight is 619 g/mol. The smallest absolute Gasteiger partial charge is 0.264 e. The topological polar surface area (TPSA) is 90.3 Å². The lowest BCUT2D eigenvalue weighted by Crippen LogP contribution is -2.46. The molecular weight excluding hydrogens is 583 g/mol. The molecule has 0 radical (unpaired) electrons. The number of halogens is 1. The van der Waals surface area contributed by atoms with Gasteiger partial charge < -0.3 is 24.7 Å². The van der Waals surface area contributed by atoms with E-state index in [0.29, 0.717) is 13.1 Å². The lowest BCUT2D eigenvalue weighted by molar-refractivity contribution is -0.150. The van der Waals surface area contributed by atoms with Crippen LogP contribution in [-0.2, 0) is 26.5 Å². The first-order valence-corrected chi connectivity index (χ1v) is 13.7. The largest absolute Gasteiger partial charge is 0.395 e. The van der Waals surface area contributed by atoms with E-state index in [1.54, 1.807) is 29.7 Å². The second-order valence-corrected chi connectivity index (χ2v) is 11.7. The van der Waals surface area contributed by atoms with Gasteiger partial charge in [-0.15, -0.1) is 6.58 Å². The summed E-state index contributed by atoms with van der Waals surface area (Å²) in [5.74, 6) is -1.28. The molecule has 0 aliphatic carbocycles. The molecule has 0 bridgehead atoms. The minimum atomic E-state index is -1.31. The van der Waals surface area contributed by atoms with Crippen LogP contribution in [0.4, 0.5) is 5.69 Å². The Kier molecular flexibility index (Phi) is 8.13. The molecule has 198 valence electrons. The summed E-state index contributed by atoms with van der Waals surface area (Å²) in [6, 6.07) is 15.4. The number of fused-ring (bicyclic) bond motifs is 2. The summed E-state index contributed by atoms with van der Waals surface area (Å²) in [6.45, 7) is 9.87. The molecule has 1 saturated heterocycles. The van der Waals surface area contributed by atoms with Gasteiger partial charge in [0.1, 0.15) is 0 Å². The first-order chi connectivity index (χ1) is 17.5. The number of aliphatic hydroxyl groups is 2. The second kappa shape index (κ2) is 10.8. The van der Waals surface area contributed by atoms with Gasteiger partial charge in [-0.05, 0) is 60.2 Å². The molecule has 0 unspecified atom stereocenters. The van der Waals surface area contributed by atoms with Gasteiger partial charge in [-0.25, -0.2) is 0 Å². The van der Waals surface area contributed by atoms with E-state index >= 15 is 0 Å². The Morgan fingerprint density at radius 2 is 1.97 bits per heavy atom. The monoisotopic (exact) mass is 618 g/mol. The molecule has 0 aromatic heterocycles. The van der Waals surface area contributed by atoms with E-state index in [2.05, 4.69) is 29.2 Å². The second-order valence-electron chi connectivity index (χ2n) is 10.5.